The number of hydrogen-bond donors (Lipinski definition) is 1. The molecule has 4 nitrogen and oxygen atoms in total. The van der Waals surface area contributed by atoms with Gasteiger partial charge in [-0.1, -0.05) is 13.8 Å². The number of anilines is 2. The van der Waals surface area contributed by atoms with Crippen LogP contribution >= 0.6 is 0 Å². The number of nitrogens with zero attached hydrogens (tertiary/aromatic N) is 3. The molecule has 1 N–H and O–H groups in total. The first kappa shape index (κ1) is 12.1. The molecule has 2 heterocycles. The average Bonchev–Trinajstić information content (AvgIpc) is 2.74. The average molecular weight is 234 g/mol. The highest BCUT2D eigenvalue weighted by Crippen LogP contribution is 2.34. The van der Waals surface area contributed by atoms with Crippen LogP contribution in [0.3, 0.4) is 0 Å². The fourth-order valence-electron chi connectivity index (χ4n) is 2.59. The van der Waals surface area contributed by atoms with E-state index in [4.69, 9.17) is 0 Å². The molecule has 0 bridgehead atoms. The van der Waals surface area contributed by atoms with Crippen LogP contribution < -0.4 is 10.2 Å². The van der Waals surface area contributed by atoms with Crippen molar-refractivity contribution in [1.29, 1.82) is 0 Å². The summed E-state index contributed by atoms with van der Waals surface area (Å²) in [4.78, 5) is 11.3. The molecule has 0 spiro atoms. The standard InChI is InChI=1S/C13H22N4/c1-9(2)11-12(14-4)15-8-16-13(11)17-7-5-6-10(17)3/h8-10H,5-7H2,1-4H3,(H,14,15,16). The Labute approximate surface area is 103 Å². The van der Waals surface area contributed by atoms with Crippen LogP contribution in [0.1, 0.15) is 45.1 Å². The van der Waals surface area contributed by atoms with Gasteiger partial charge in [0.25, 0.3) is 0 Å². The summed E-state index contributed by atoms with van der Waals surface area (Å²) >= 11 is 0. The number of rotatable bonds is 3. The Morgan fingerprint density at radius 2 is 2.18 bits per heavy atom. The van der Waals surface area contributed by atoms with E-state index in [9.17, 15) is 0 Å². The molecule has 1 saturated heterocycles. The molecule has 1 unspecified atom stereocenters. The van der Waals surface area contributed by atoms with Crippen LogP contribution in [-0.2, 0) is 0 Å². The second-order valence-corrected chi connectivity index (χ2v) is 5.05. The van der Waals surface area contributed by atoms with Crippen molar-refractivity contribution in [1.82, 2.24) is 9.97 Å². The zero-order valence-corrected chi connectivity index (χ0v) is 11.2. The quantitative estimate of drug-likeness (QED) is 0.873. The van der Waals surface area contributed by atoms with Crippen molar-refractivity contribution in [2.24, 2.45) is 0 Å². The summed E-state index contributed by atoms with van der Waals surface area (Å²) in [6.45, 7) is 7.78. The van der Waals surface area contributed by atoms with Gasteiger partial charge in [-0.15, -0.1) is 0 Å². The van der Waals surface area contributed by atoms with E-state index in [1.54, 1.807) is 6.33 Å². The van der Waals surface area contributed by atoms with Crippen LogP contribution in [0.5, 0.6) is 0 Å². The summed E-state index contributed by atoms with van der Waals surface area (Å²) in [5.74, 6) is 2.51. The topological polar surface area (TPSA) is 41.1 Å². The van der Waals surface area contributed by atoms with Crippen LogP contribution in [0.15, 0.2) is 6.33 Å². The smallest absolute Gasteiger partial charge is 0.137 e. The van der Waals surface area contributed by atoms with Crippen molar-refractivity contribution in [2.75, 3.05) is 23.8 Å². The van der Waals surface area contributed by atoms with E-state index >= 15 is 0 Å². The second kappa shape index (κ2) is 4.90. The first-order valence-corrected chi connectivity index (χ1v) is 6.44. The molecule has 1 aromatic heterocycles. The third kappa shape index (κ3) is 2.21. The van der Waals surface area contributed by atoms with Gasteiger partial charge in [0.2, 0.25) is 0 Å². The maximum absolute atomic E-state index is 4.52. The van der Waals surface area contributed by atoms with Gasteiger partial charge >= 0.3 is 0 Å². The summed E-state index contributed by atoms with van der Waals surface area (Å²) in [5, 5.41) is 3.18. The Kier molecular flexibility index (Phi) is 3.50. The molecule has 94 valence electrons. The minimum Gasteiger partial charge on any atom is -0.373 e. The molecule has 0 aliphatic carbocycles. The van der Waals surface area contributed by atoms with Crippen molar-refractivity contribution in [3.05, 3.63) is 11.9 Å². The van der Waals surface area contributed by atoms with E-state index in [1.165, 1.54) is 18.4 Å². The van der Waals surface area contributed by atoms with Crippen LogP contribution in [0.2, 0.25) is 0 Å². The molecule has 1 fully saturated rings. The van der Waals surface area contributed by atoms with Crippen LogP contribution in [0.4, 0.5) is 11.6 Å². The van der Waals surface area contributed by atoms with Gasteiger partial charge in [0, 0.05) is 25.2 Å². The lowest BCUT2D eigenvalue weighted by Gasteiger charge is -2.27. The molecular weight excluding hydrogens is 212 g/mol. The minimum atomic E-state index is 0.432. The highest BCUT2D eigenvalue weighted by atomic mass is 15.2. The molecule has 4 heteroatoms. The van der Waals surface area contributed by atoms with Gasteiger partial charge in [-0.2, -0.15) is 0 Å². The van der Waals surface area contributed by atoms with Crippen LogP contribution in [0.25, 0.3) is 0 Å². The Hall–Kier alpha value is -1.32. The maximum Gasteiger partial charge on any atom is 0.137 e. The molecule has 0 radical (unpaired) electrons. The first-order valence-electron chi connectivity index (χ1n) is 6.44. The summed E-state index contributed by atoms with van der Waals surface area (Å²) in [5.41, 5.74) is 1.24. The van der Waals surface area contributed by atoms with Crippen molar-refractivity contribution >= 4 is 11.6 Å². The highest BCUT2D eigenvalue weighted by molar-refractivity contribution is 5.60. The molecule has 0 amide bonds. The van der Waals surface area contributed by atoms with E-state index in [1.807, 2.05) is 7.05 Å². The fourth-order valence-corrected chi connectivity index (χ4v) is 2.59. The molecule has 1 aromatic rings. The van der Waals surface area contributed by atoms with Gasteiger partial charge in [-0.25, -0.2) is 9.97 Å². The van der Waals surface area contributed by atoms with Gasteiger partial charge in [0.05, 0.1) is 0 Å². The maximum atomic E-state index is 4.52. The Morgan fingerprint density at radius 1 is 1.41 bits per heavy atom. The van der Waals surface area contributed by atoms with Crippen molar-refractivity contribution in [3.8, 4) is 0 Å². The first-order chi connectivity index (χ1) is 8.15. The lowest BCUT2D eigenvalue weighted by atomic mass is 10.0. The summed E-state index contributed by atoms with van der Waals surface area (Å²) in [6.07, 6.45) is 4.19. The monoisotopic (exact) mass is 234 g/mol. The molecule has 1 aliphatic rings. The fraction of sp³-hybridized carbons (Fsp3) is 0.692. The Balaban J connectivity index is 2.45. The van der Waals surface area contributed by atoms with E-state index in [0.717, 1.165) is 18.2 Å². The molecule has 1 atom stereocenters. The van der Waals surface area contributed by atoms with Gasteiger partial charge in [-0.05, 0) is 25.7 Å². The zero-order chi connectivity index (χ0) is 12.4. The number of aromatic nitrogens is 2. The lowest BCUT2D eigenvalue weighted by Crippen LogP contribution is -2.29. The molecular formula is C13H22N4. The Morgan fingerprint density at radius 3 is 2.71 bits per heavy atom. The van der Waals surface area contributed by atoms with E-state index < -0.39 is 0 Å². The molecule has 0 saturated carbocycles. The number of hydrogen-bond acceptors (Lipinski definition) is 4. The van der Waals surface area contributed by atoms with E-state index in [2.05, 4.69) is 41.0 Å². The normalized spacial score (nSPS) is 20.1. The summed E-state index contributed by atoms with van der Waals surface area (Å²) < 4.78 is 0. The van der Waals surface area contributed by atoms with Crippen molar-refractivity contribution < 1.29 is 0 Å². The van der Waals surface area contributed by atoms with E-state index in [-0.39, 0.29) is 0 Å². The molecule has 2 rings (SSSR count). The number of nitrogens with one attached hydrogen (secondary N) is 1. The van der Waals surface area contributed by atoms with Gasteiger partial charge < -0.3 is 10.2 Å². The van der Waals surface area contributed by atoms with Crippen LogP contribution in [0, 0.1) is 0 Å². The van der Waals surface area contributed by atoms with E-state index in [0.29, 0.717) is 12.0 Å². The van der Waals surface area contributed by atoms with Gasteiger partial charge in [0.15, 0.2) is 0 Å². The predicted molar refractivity (Wildman–Crippen MR) is 71.7 cm³/mol. The summed E-state index contributed by atoms with van der Waals surface area (Å²) in [7, 11) is 1.92. The SMILES string of the molecule is CNc1ncnc(N2CCCC2C)c1C(C)C. The molecule has 17 heavy (non-hydrogen) atoms. The largest absolute Gasteiger partial charge is 0.373 e. The summed E-state index contributed by atoms with van der Waals surface area (Å²) in [6, 6.07) is 0.590. The third-order valence-electron chi connectivity index (χ3n) is 3.50. The van der Waals surface area contributed by atoms with Crippen molar-refractivity contribution in [3.63, 3.8) is 0 Å². The predicted octanol–water partition coefficient (Wildman–Crippen LogP) is 2.63. The molecule has 0 aromatic carbocycles. The van der Waals surface area contributed by atoms with Crippen molar-refractivity contribution in [2.45, 2.75) is 45.6 Å². The third-order valence-corrected chi connectivity index (χ3v) is 3.50. The zero-order valence-electron chi connectivity index (χ0n) is 11.2. The minimum absolute atomic E-state index is 0.432. The Bertz CT molecular complexity index is 389. The molecule has 1 aliphatic heterocycles. The second-order valence-electron chi connectivity index (χ2n) is 5.05. The van der Waals surface area contributed by atoms with Gasteiger partial charge in [0.1, 0.15) is 18.0 Å². The highest BCUT2D eigenvalue weighted by Gasteiger charge is 2.26. The van der Waals surface area contributed by atoms with Crippen LogP contribution in [-0.4, -0.2) is 29.6 Å². The van der Waals surface area contributed by atoms with Gasteiger partial charge in [-0.3, -0.25) is 0 Å². The lowest BCUT2D eigenvalue weighted by molar-refractivity contribution is 0.714.